The van der Waals surface area contributed by atoms with Crippen LogP contribution in [0.4, 0.5) is 0 Å². The van der Waals surface area contributed by atoms with Crippen molar-refractivity contribution in [3.63, 3.8) is 0 Å². The molecule has 0 aromatic rings. The van der Waals surface area contributed by atoms with E-state index in [0.29, 0.717) is 0 Å². The van der Waals surface area contributed by atoms with E-state index in [1.54, 1.807) is 0 Å². The first-order valence-corrected chi connectivity index (χ1v) is 13.0. The maximum Gasteiger partial charge on any atom is 0.170 e. The fraction of sp³-hybridized carbons (Fsp3) is 0.926. The van der Waals surface area contributed by atoms with Gasteiger partial charge in [0.25, 0.3) is 0 Å². The van der Waals surface area contributed by atoms with Crippen LogP contribution in [-0.4, -0.2) is 6.71 Å². The van der Waals surface area contributed by atoms with Crippen molar-refractivity contribution < 1.29 is 0 Å². The molecule has 0 aromatic heterocycles. The average molecular weight is 385 g/mol. The van der Waals surface area contributed by atoms with Gasteiger partial charge in [-0.05, 0) is 92.3 Å². The second-order valence-electron chi connectivity index (χ2n) is 12.0. The Morgan fingerprint density at radius 2 is 1.32 bits per heavy atom. The van der Waals surface area contributed by atoms with Crippen LogP contribution in [0.5, 0.6) is 0 Å². The van der Waals surface area contributed by atoms with Gasteiger partial charge >= 0.3 is 0 Å². The molecule has 0 aromatic carbocycles. The second-order valence-corrected chi connectivity index (χ2v) is 12.0. The van der Waals surface area contributed by atoms with Gasteiger partial charge in [0.05, 0.1) is 0 Å². The normalized spacial score (nSPS) is 36.8. The zero-order valence-electron chi connectivity index (χ0n) is 20.1. The van der Waals surface area contributed by atoms with E-state index in [0.717, 1.165) is 54.1 Å². The quantitative estimate of drug-likeness (QED) is 0.386. The Hall–Kier alpha value is -0.195. The molecule has 28 heavy (non-hydrogen) atoms. The lowest BCUT2D eigenvalue weighted by molar-refractivity contribution is 0.151. The van der Waals surface area contributed by atoms with Gasteiger partial charge in [-0.3, -0.25) is 0 Å². The van der Waals surface area contributed by atoms with E-state index in [1.807, 2.05) is 5.47 Å². The molecule has 0 nitrogen and oxygen atoms in total. The SMILES string of the molecule is CC(C)[C@@H]1CC[C@@H](C)C[C@@H]1CB(C[C@H]1C[C@H](C)CC[C@H]1C(C)C)C1=CCCC1. The van der Waals surface area contributed by atoms with Crippen molar-refractivity contribution in [2.45, 2.75) is 112 Å². The summed E-state index contributed by atoms with van der Waals surface area (Å²) in [7, 11) is 0. The molecule has 0 N–H and O–H groups in total. The summed E-state index contributed by atoms with van der Waals surface area (Å²) < 4.78 is 0. The zero-order chi connectivity index (χ0) is 20.3. The monoisotopic (exact) mass is 384 g/mol. The van der Waals surface area contributed by atoms with Crippen molar-refractivity contribution >= 4 is 6.71 Å². The Labute approximate surface area is 177 Å². The lowest BCUT2D eigenvalue weighted by atomic mass is 9.34. The summed E-state index contributed by atoms with van der Waals surface area (Å²) in [5.74, 6) is 7.57. The molecule has 0 heterocycles. The van der Waals surface area contributed by atoms with Gasteiger partial charge in [0.15, 0.2) is 6.71 Å². The van der Waals surface area contributed by atoms with Crippen LogP contribution in [0.1, 0.15) is 99.3 Å². The molecule has 2 fully saturated rings. The van der Waals surface area contributed by atoms with E-state index in [9.17, 15) is 0 Å². The summed E-state index contributed by atoms with van der Waals surface area (Å²) in [6.45, 7) is 15.9. The minimum absolute atomic E-state index is 0.869. The van der Waals surface area contributed by atoms with Crippen molar-refractivity contribution in [3.8, 4) is 0 Å². The molecule has 0 amide bonds. The van der Waals surface area contributed by atoms with Crippen LogP contribution in [0.2, 0.25) is 12.6 Å². The molecular weight excluding hydrogens is 335 g/mol. The summed E-state index contributed by atoms with van der Waals surface area (Å²) >= 11 is 0. The molecule has 6 atom stereocenters. The highest BCUT2D eigenvalue weighted by molar-refractivity contribution is 6.67. The minimum Gasteiger partial charge on any atom is -0.105 e. The van der Waals surface area contributed by atoms with Crippen molar-refractivity contribution in [1.82, 2.24) is 0 Å². The van der Waals surface area contributed by atoms with Crippen LogP contribution in [0.15, 0.2) is 11.5 Å². The standard InChI is InChI=1S/C27H49B/c1-19(2)26-13-11-21(5)15-23(26)17-28(25-9-7-8-10-25)18-24-16-22(6)12-14-27(24)20(3)4/h9,19-24,26-27H,7-8,10-18H2,1-6H3/t21-,22-,23-,24-,26+,27+/m1/s1. The van der Waals surface area contributed by atoms with Crippen LogP contribution < -0.4 is 0 Å². The van der Waals surface area contributed by atoms with Gasteiger partial charge in [-0.25, -0.2) is 0 Å². The van der Waals surface area contributed by atoms with Gasteiger partial charge < -0.3 is 0 Å². The molecule has 0 bridgehead atoms. The first-order valence-electron chi connectivity index (χ1n) is 13.0. The Bertz CT molecular complexity index is 470. The summed E-state index contributed by atoms with van der Waals surface area (Å²) in [6.07, 6.45) is 18.8. The van der Waals surface area contributed by atoms with E-state index in [-0.39, 0.29) is 0 Å². The number of hydrogen-bond acceptors (Lipinski definition) is 0. The van der Waals surface area contributed by atoms with Gasteiger partial charge in [-0.2, -0.15) is 0 Å². The first-order chi connectivity index (χ1) is 13.3. The smallest absolute Gasteiger partial charge is 0.105 e. The maximum absolute atomic E-state index is 2.66. The number of allylic oxidation sites excluding steroid dienone is 2. The predicted octanol–water partition coefficient (Wildman–Crippen LogP) is 8.55. The molecule has 0 aliphatic heterocycles. The van der Waals surface area contributed by atoms with Gasteiger partial charge in [0, 0.05) is 0 Å². The van der Waals surface area contributed by atoms with Crippen molar-refractivity contribution in [2.75, 3.05) is 0 Å². The summed E-state index contributed by atoms with van der Waals surface area (Å²) in [5, 5.41) is 0. The van der Waals surface area contributed by atoms with Gasteiger partial charge in [0.2, 0.25) is 0 Å². The third-order valence-corrected chi connectivity index (χ3v) is 9.09. The lowest BCUT2D eigenvalue weighted by Crippen LogP contribution is -2.35. The Morgan fingerprint density at radius 3 is 1.71 bits per heavy atom. The van der Waals surface area contributed by atoms with E-state index >= 15 is 0 Å². The highest BCUT2D eigenvalue weighted by Crippen LogP contribution is 2.46. The van der Waals surface area contributed by atoms with Gasteiger partial charge in [0.1, 0.15) is 0 Å². The van der Waals surface area contributed by atoms with E-state index < -0.39 is 0 Å². The minimum atomic E-state index is 0.869. The van der Waals surface area contributed by atoms with Crippen molar-refractivity contribution in [1.29, 1.82) is 0 Å². The largest absolute Gasteiger partial charge is 0.170 e. The molecule has 2 saturated carbocycles. The molecule has 3 aliphatic rings. The van der Waals surface area contributed by atoms with Crippen LogP contribution in [0.3, 0.4) is 0 Å². The molecule has 0 radical (unpaired) electrons. The van der Waals surface area contributed by atoms with E-state index in [4.69, 9.17) is 0 Å². The zero-order valence-corrected chi connectivity index (χ0v) is 20.1. The Balaban J connectivity index is 1.75. The van der Waals surface area contributed by atoms with Crippen molar-refractivity contribution in [2.24, 2.45) is 47.3 Å². The van der Waals surface area contributed by atoms with E-state index in [2.05, 4.69) is 47.6 Å². The average Bonchev–Trinajstić information content (AvgIpc) is 3.15. The maximum atomic E-state index is 2.66. The van der Waals surface area contributed by atoms with Crippen LogP contribution >= 0.6 is 0 Å². The fourth-order valence-electron chi connectivity index (χ4n) is 7.54. The lowest BCUT2D eigenvalue weighted by Gasteiger charge is -2.42. The van der Waals surface area contributed by atoms with E-state index in [1.165, 1.54) is 70.4 Å². The number of hydrogen-bond donors (Lipinski definition) is 0. The summed E-state index contributed by atoms with van der Waals surface area (Å²) in [4.78, 5) is 0. The molecule has 0 spiro atoms. The molecule has 160 valence electrons. The molecular formula is C27H49B. The highest BCUT2D eigenvalue weighted by Gasteiger charge is 2.38. The molecule has 0 saturated heterocycles. The highest BCUT2D eigenvalue weighted by atomic mass is 14.4. The molecule has 1 heteroatoms. The van der Waals surface area contributed by atoms with Gasteiger partial charge in [-0.15, -0.1) is 5.47 Å². The summed E-state index contributed by atoms with van der Waals surface area (Å²) in [5.41, 5.74) is 1.88. The van der Waals surface area contributed by atoms with Crippen LogP contribution in [0.25, 0.3) is 0 Å². The second kappa shape index (κ2) is 10.2. The molecule has 3 rings (SSSR count). The third-order valence-electron chi connectivity index (χ3n) is 9.09. The van der Waals surface area contributed by atoms with Crippen LogP contribution in [-0.2, 0) is 0 Å². The number of rotatable bonds is 7. The predicted molar refractivity (Wildman–Crippen MR) is 127 cm³/mol. The Morgan fingerprint density at radius 1 is 0.821 bits per heavy atom. The fourth-order valence-corrected chi connectivity index (χ4v) is 7.54. The van der Waals surface area contributed by atoms with Crippen LogP contribution in [0, 0.1) is 47.3 Å². The topological polar surface area (TPSA) is 0 Å². The van der Waals surface area contributed by atoms with Crippen molar-refractivity contribution in [3.05, 3.63) is 11.5 Å². The molecule has 0 unspecified atom stereocenters. The first kappa shape index (κ1) is 22.5. The molecule has 3 aliphatic carbocycles. The Kier molecular flexibility index (Phi) is 8.20. The third kappa shape index (κ3) is 5.69. The van der Waals surface area contributed by atoms with Gasteiger partial charge in [-0.1, -0.05) is 73.1 Å². The summed E-state index contributed by atoms with van der Waals surface area (Å²) in [6, 6.07) is 0.